The van der Waals surface area contributed by atoms with E-state index in [0.29, 0.717) is 16.9 Å². The molecule has 0 saturated carbocycles. The van der Waals surface area contributed by atoms with Crippen molar-refractivity contribution in [1.29, 1.82) is 0 Å². The van der Waals surface area contributed by atoms with Crippen molar-refractivity contribution in [3.8, 4) is 0 Å². The van der Waals surface area contributed by atoms with E-state index in [1.54, 1.807) is 29.0 Å². The van der Waals surface area contributed by atoms with Gasteiger partial charge in [0.1, 0.15) is 5.69 Å². The first-order valence-corrected chi connectivity index (χ1v) is 11.2. The number of benzene rings is 3. The summed E-state index contributed by atoms with van der Waals surface area (Å²) < 4.78 is 41.5. The van der Waals surface area contributed by atoms with E-state index in [-0.39, 0.29) is 12.5 Å². The minimum atomic E-state index is -4.40. The van der Waals surface area contributed by atoms with Gasteiger partial charge in [0.2, 0.25) is 0 Å². The molecule has 0 spiro atoms. The summed E-state index contributed by atoms with van der Waals surface area (Å²) in [6.45, 7) is 0.236. The zero-order valence-electron chi connectivity index (χ0n) is 17.6. The Morgan fingerprint density at radius 1 is 0.941 bits per heavy atom. The van der Waals surface area contributed by atoms with E-state index in [0.717, 1.165) is 38.4 Å². The Balaban J connectivity index is 1.51. The van der Waals surface area contributed by atoms with Gasteiger partial charge in [0.25, 0.3) is 5.91 Å². The Hall–Kier alpha value is -3.65. The molecule has 2 aromatic heterocycles. The number of carbonyl (C=O) groups excluding carboxylic acids is 1. The summed E-state index contributed by atoms with van der Waals surface area (Å²) in [6.07, 6.45) is -2.71. The summed E-state index contributed by atoms with van der Waals surface area (Å²) in [7, 11) is 0. The number of amides is 1. The predicted molar refractivity (Wildman–Crippen MR) is 130 cm³/mol. The van der Waals surface area contributed by atoms with Gasteiger partial charge in [-0.15, -0.1) is 0 Å². The van der Waals surface area contributed by atoms with Gasteiger partial charge in [-0.05, 0) is 54.1 Å². The second-order valence-electron chi connectivity index (χ2n) is 7.88. The van der Waals surface area contributed by atoms with Crippen molar-refractivity contribution in [1.82, 2.24) is 9.55 Å². The van der Waals surface area contributed by atoms with Gasteiger partial charge in [0, 0.05) is 33.7 Å². The number of halogens is 4. The third kappa shape index (κ3) is 4.41. The fraction of sp³-hybridized carbons (Fsp3) is 0.0769. The molecule has 0 atom stereocenters. The number of carbonyl (C=O) groups is 1. The van der Waals surface area contributed by atoms with Crippen LogP contribution in [-0.2, 0) is 12.7 Å². The van der Waals surface area contributed by atoms with Gasteiger partial charge >= 0.3 is 6.18 Å². The smallest absolute Gasteiger partial charge is 0.332 e. The lowest BCUT2D eigenvalue weighted by molar-refractivity contribution is -0.137. The summed E-state index contributed by atoms with van der Waals surface area (Å²) in [5.74, 6) is -0.325. The third-order valence-corrected chi connectivity index (χ3v) is 6.08. The molecule has 34 heavy (non-hydrogen) atoms. The Morgan fingerprint density at radius 3 is 2.47 bits per heavy atom. The number of nitrogens with one attached hydrogen (secondary N) is 1. The highest BCUT2D eigenvalue weighted by Crippen LogP contribution is 2.30. The maximum absolute atomic E-state index is 13.3. The van der Waals surface area contributed by atoms with Gasteiger partial charge in [0.05, 0.1) is 16.6 Å². The molecule has 0 aliphatic rings. The van der Waals surface area contributed by atoms with E-state index in [1.807, 2.05) is 36.4 Å². The number of pyridine rings is 1. The number of hydrogen-bond donors (Lipinski definition) is 1. The lowest BCUT2D eigenvalue weighted by atomic mass is 10.1. The Bertz CT molecular complexity index is 1520. The zero-order chi connectivity index (χ0) is 23.9. The first-order valence-electron chi connectivity index (χ1n) is 10.4. The highest BCUT2D eigenvalue weighted by atomic mass is 79.9. The highest BCUT2D eigenvalue weighted by molar-refractivity contribution is 9.10. The molecule has 0 saturated heterocycles. The molecule has 0 fully saturated rings. The molecule has 0 radical (unpaired) electrons. The average Bonchev–Trinajstić information content (AvgIpc) is 3.16. The van der Waals surface area contributed by atoms with Crippen molar-refractivity contribution >= 4 is 49.3 Å². The van der Waals surface area contributed by atoms with Gasteiger partial charge in [-0.2, -0.15) is 13.2 Å². The molecule has 0 aliphatic carbocycles. The molecule has 5 rings (SSSR count). The van der Waals surface area contributed by atoms with Crippen molar-refractivity contribution < 1.29 is 18.0 Å². The summed E-state index contributed by atoms with van der Waals surface area (Å²) >= 11 is 3.46. The van der Waals surface area contributed by atoms with Crippen LogP contribution in [-0.4, -0.2) is 15.5 Å². The van der Waals surface area contributed by atoms with Crippen LogP contribution < -0.4 is 5.32 Å². The van der Waals surface area contributed by atoms with E-state index in [1.165, 1.54) is 12.1 Å². The fourth-order valence-corrected chi connectivity index (χ4v) is 4.26. The van der Waals surface area contributed by atoms with E-state index < -0.39 is 11.7 Å². The summed E-state index contributed by atoms with van der Waals surface area (Å²) in [5.41, 5.74) is 2.49. The normalized spacial score (nSPS) is 11.8. The second-order valence-corrected chi connectivity index (χ2v) is 8.79. The molecule has 8 heteroatoms. The van der Waals surface area contributed by atoms with Gasteiger partial charge in [-0.3, -0.25) is 9.78 Å². The number of fused-ring (bicyclic) bond motifs is 2. The molecule has 3 aromatic carbocycles. The van der Waals surface area contributed by atoms with E-state index in [4.69, 9.17) is 0 Å². The molecule has 1 N–H and O–H groups in total. The number of nitrogens with zero attached hydrogens (tertiary/aromatic N) is 2. The minimum absolute atomic E-state index is 0.236. The van der Waals surface area contributed by atoms with Crippen LogP contribution in [0.25, 0.3) is 21.8 Å². The van der Waals surface area contributed by atoms with Crippen molar-refractivity contribution in [2.24, 2.45) is 0 Å². The Labute approximate surface area is 201 Å². The van der Waals surface area contributed by atoms with Crippen LogP contribution in [0.4, 0.5) is 18.9 Å². The van der Waals surface area contributed by atoms with Crippen molar-refractivity contribution in [3.05, 3.63) is 106 Å². The van der Waals surface area contributed by atoms with Crippen LogP contribution >= 0.6 is 15.9 Å². The molecule has 0 unspecified atom stereocenters. The zero-order valence-corrected chi connectivity index (χ0v) is 19.2. The topological polar surface area (TPSA) is 46.9 Å². The molecule has 0 bridgehead atoms. The fourth-order valence-electron chi connectivity index (χ4n) is 3.91. The molecule has 0 aliphatic heterocycles. The SMILES string of the molecule is O=C(Nc1ccc2cccnc2c1)c1cc2ccc(Br)cc2n1Cc1ccc(C(F)(F)F)cc1. The number of alkyl halides is 3. The molecule has 1 amide bonds. The van der Waals surface area contributed by atoms with Crippen LogP contribution in [0.1, 0.15) is 21.6 Å². The standard InChI is InChI=1S/C26H17BrF3N3O/c27-20-9-5-18-12-24(25(34)32-21-10-6-17-2-1-11-31-22(17)14-21)33(23(18)13-20)15-16-3-7-19(8-4-16)26(28,29)30/h1-14H,15H2,(H,32,34). The maximum Gasteiger partial charge on any atom is 0.416 e. The van der Waals surface area contributed by atoms with E-state index >= 15 is 0 Å². The van der Waals surface area contributed by atoms with Crippen LogP contribution in [0.3, 0.4) is 0 Å². The molecular formula is C26H17BrF3N3O. The average molecular weight is 524 g/mol. The monoisotopic (exact) mass is 523 g/mol. The molecule has 5 aromatic rings. The first kappa shape index (κ1) is 22.2. The lowest BCUT2D eigenvalue weighted by Crippen LogP contribution is -2.17. The summed E-state index contributed by atoms with van der Waals surface area (Å²) in [5, 5.41) is 4.73. The Morgan fingerprint density at radius 2 is 1.71 bits per heavy atom. The van der Waals surface area contributed by atoms with E-state index in [2.05, 4.69) is 26.2 Å². The van der Waals surface area contributed by atoms with Gasteiger partial charge in [-0.1, -0.05) is 46.3 Å². The minimum Gasteiger partial charge on any atom is -0.332 e. The summed E-state index contributed by atoms with van der Waals surface area (Å²) in [6, 6.07) is 21.7. The largest absolute Gasteiger partial charge is 0.416 e. The number of rotatable bonds is 4. The number of hydrogen-bond acceptors (Lipinski definition) is 2. The van der Waals surface area contributed by atoms with Gasteiger partial charge in [0.15, 0.2) is 0 Å². The van der Waals surface area contributed by atoms with Gasteiger partial charge < -0.3 is 9.88 Å². The lowest BCUT2D eigenvalue weighted by Gasteiger charge is -2.13. The van der Waals surface area contributed by atoms with Crippen LogP contribution in [0.5, 0.6) is 0 Å². The van der Waals surface area contributed by atoms with Crippen molar-refractivity contribution in [3.63, 3.8) is 0 Å². The first-order chi connectivity index (χ1) is 16.3. The molecule has 2 heterocycles. The van der Waals surface area contributed by atoms with Gasteiger partial charge in [-0.25, -0.2) is 0 Å². The number of aromatic nitrogens is 2. The quantitative estimate of drug-likeness (QED) is 0.269. The van der Waals surface area contributed by atoms with Crippen LogP contribution in [0, 0.1) is 0 Å². The maximum atomic E-state index is 13.3. The third-order valence-electron chi connectivity index (χ3n) is 5.58. The highest BCUT2D eigenvalue weighted by Gasteiger charge is 2.30. The van der Waals surface area contributed by atoms with Crippen molar-refractivity contribution in [2.45, 2.75) is 12.7 Å². The van der Waals surface area contributed by atoms with Crippen LogP contribution in [0.2, 0.25) is 0 Å². The Kier molecular flexibility index (Phi) is 5.61. The van der Waals surface area contributed by atoms with Crippen molar-refractivity contribution in [2.75, 3.05) is 5.32 Å². The molecular weight excluding hydrogens is 507 g/mol. The molecule has 170 valence electrons. The van der Waals surface area contributed by atoms with Crippen LogP contribution in [0.15, 0.2) is 89.5 Å². The summed E-state index contributed by atoms with van der Waals surface area (Å²) in [4.78, 5) is 17.6. The second kappa shape index (κ2) is 8.61. The molecule has 4 nitrogen and oxygen atoms in total. The van der Waals surface area contributed by atoms with E-state index in [9.17, 15) is 18.0 Å². The predicted octanol–water partition coefficient (Wildman–Crippen LogP) is 7.27. The number of anilines is 1.